The summed E-state index contributed by atoms with van der Waals surface area (Å²) in [6, 6.07) is 9.53. The Morgan fingerprint density at radius 2 is 1.55 bits per heavy atom. The van der Waals surface area contributed by atoms with Gasteiger partial charge in [0.25, 0.3) is 11.8 Å². The average molecular weight is 298 g/mol. The number of carbonyl (C=O) groups is 3. The number of anilines is 1. The maximum atomic E-state index is 12.1. The van der Waals surface area contributed by atoms with E-state index >= 15 is 0 Å². The number of amides is 3. The monoisotopic (exact) mass is 298 g/mol. The number of hydrazine groups is 1. The Kier molecular flexibility index (Phi) is 4.81. The van der Waals surface area contributed by atoms with Crippen LogP contribution in [0.4, 0.5) is 5.69 Å². The maximum absolute atomic E-state index is 12.1. The van der Waals surface area contributed by atoms with Crippen molar-refractivity contribution in [2.45, 2.75) is 6.92 Å². The van der Waals surface area contributed by atoms with Crippen molar-refractivity contribution in [3.05, 3.63) is 59.9 Å². The van der Waals surface area contributed by atoms with E-state index in [1.165, 1.54) is 31.5 Å². The quantitative estimate of drug-likeness (QED) is 0.739. The highest BCUT2D eigenvalue weighted by Gasteiger charge is 2.13. The molecular formula is C15H14N4O3. The first-order valence-electron chi connectivity index (χ1n) is 6.45. The van der Waals surface area contributed by atoms with Crippen molar-refractivity contribution in [1.29, 1.82) is 0 Å². The van der Waals surface area contributed by atoms with Crippen molar-refractivity contribution in [2.75, 3.05) is 5.32 Å². The van der Waals surface area contributed by atoms with Gasteiger partial charge >= 0.3 is 0 Å². The number of hydrogen-bond acceptors (Lipinski definition) is 4. The van der Waals surface area contributed by atoms with Gasteiger partial charge in [0, 0.05) is 24.9 Å². The highest BCUT2D eigenvalue weighted by atomic mass is 16.2. The van der Waals surface area contributed by atoms with Gasteiger partial charge in [0.2, 0.25) is 5.91 Å². The highest BCUT2D eigenvalue weighted by Crippen LogP contribution is 2.14. The molecule has 1 aromatic heterocycles. The van der Waals surface area contributed by atoms with Crippen LogP contribution in [0.2, 0.25) is 0 Å². The third-order valence-corrected chi connectivity index (χ3v) is 2.71. The van der Waals surface area contributed by atoms with Gasteiger partial charge in [-0.1, -0.05) is 12.1 Å². The first-order chi connectivity index (χ1) is 10.6. The van der Waals surface area contributed by atoms with Crippen molar-refractivity contribution < 1.29 is 14.4 Å². The summed E-state index contributed by atoms with van der Waals surface area (Å²) in [5, 5.41) is 2.55. The zero-order valence-corrected chi connectivity index (χ0v) is 11.8. The van der Waals surface area contributed by atoms with E-state index in [1.54, 1.807) is 24.3 Å². The number of para-hydroxylation sites is 1. The van der Waals surface area contributed by atoms with E-state index in [2.05, 4.69) is 21.2 Å². The highest BCUT2D eigenvalue weighted by molar-refractivity contribution is 6.04. The number of aromatic nitrogens is 1. The number of nitrogens with one attached hydrogen (secondary N) is 3. The van der Waals surface area contributed by atoms with Crippen LogP contribution in [0.5, 0.6) is 0 Å². The first kappa shape index (κ1) is 15.2. The second-order valence-corrected chi connectivity index (χ2v) is 4.37. The Hall–Kier alpha value is -3.22. The van der Waals surface area contributed by atoms with E-state index in [-0.39, 0.29) is 11.5 Å². The fraction of sp³-hybridized carbons (Fsp3) is 0.0667. The molecular weight excluding hydrogens is 284 g/mol. The molecule has 0 aliphatic carbocycles. The number of nitrogens with zero attached hydrogens (tertiary/aromatic N) is 1. The summed E-state index contributed by atoms with van der Waals surface area (Å²) in [4.78, 5) is 38.8. The Morgan fingerprint density at radius 1 is 0.909 bits per heavy atom. The average Bonchev–Trinajstić information content (AvgIpc) is 2.53. The van der Waals surface area contributed by atoms with Crippen LogP contribution in [-0.4, -0.2) is 22.7 Å². The van der Waals surface area contributed by atoms with Gasteiger partial charge in [0.15, 0.2) is 0 Å². The van der Waals surface area contributed by atoms with Crippen molar-refractivity contribution in [3.8, 4) is 0 Å². The van der Waals surface area contributed by atoms with E-state index in [9.17, 15) is 14.4 Å². The molecule has 7 nitrogen and oxygen atoms in total. The number of pyridine rings is 1. The van der Waals surface area contributed by atoms with Crippen molar-refractivity contribution >= 4 is 23.4 Å². The van der Waals surface area contributed by atoms with Gasteiger partial charge in [-0.15, -0.1) is 0 Å². The summed E-state index contributed by atoms with van der Waals surface area (Å²) in [6.45, 7) is 1.35. The van der Waals surface area contributed by atoms with E-state index in [0.717, 1.165) is 0 Å². The van der Waals surface area contributed by atoms with E-state index in [0.29, 0.717) is 11.3 Å². The third-order valence-electron chi connectivity index (χ3n) is 2.71. The van der Waals surface area contributed by atoms with Crippen LogP contribution < -0.4 is 16.2 Å². The van der Waals surface area contributed by atoms with Crippen LogP contribution in [0.1, 0.15) is 27.6 Å². The minimum atomic E-state index is -0.535. The lowest BCUT2D eigenvalue weighted by Crippen LogP contribution is -2.41. The van der Waals surface area contributed by atoms with Gasteiger partial charge in [-0.3, -0.25) is 30.2 Å². The normalized spacial score (nSPS) is 9.68. The lowest BCUT2D eigenvalue weighted by molar-refractivity contribution is -0.114. The molecule has 0 saturated carbocycles. The predicted octanol–water partition coefficient (Wildman–Crippen LogP) is 1.11. The summed E-state index contributed by atoms with van der Waals surface area (Å²) in [7, 11) is 0. The van der Waals surface area contributed by atoms with Gasteiger partial charge in [0.05, 0.1) is 11.3 Å². The number of carbonyl (C=O) groups excluding carboxylic acids is 3. The smallest absolute Gasteiger partial charge is 0.271 e. The van der Waals surface area contributed by atoms with Gasteiger partial charge in [-0.2, -0.15) is 0 Å². The molecule has 0 bridgehead atoms. The molecule has 1 heterocycles. The number of rotatable bonds is 3. The Labute approximate surface area is 126 Å². The lowest BCUT2D eigenvalue weighted by atomic mass is 10.1. The summed E-state index contributed by atoms with van der Waals surface area (Å²) in [5.41, 5.74) is 5.58. The molecule has 0 atom stereocenters. The van der Waals surface area contributed by atoms with E-state index < -0.39 is 11.8 Å². The van der Waals surface area contributed by atoms with E-state index in [1.807, 2.05) is 0 Å². The second kappa shape index (κ2) is 6.98. The topological polar surface area (TPSA) is 100 Å². The summed E-state index contributed by atoms with van der Waals surface area (Å²) >= 11 is 0. The molecule has 2 rings (SSSR count). The largest absolute Gasteiger partial charge is 0.326 e. The molecule has 7 heteroatoms. The second-order valence-electron chi connectivity index (χ2n) is 4.37. The Morgan fingerprint density at radius 3 is 2.23 bits per heavy atom. The standard InChI is InChI=1S/C15H14N4O3/c1-10(20)17-13-5-3-2-4-12(13)15(22)19-18-14(21)11-6-8-16-9-7-11/h2-9H,1H3,(H,17,20)(H,18,21)(H,19,22). The van der Waals surface area contributed by atoms with Gasteiger partial charge in [0.1, 0.15) is 0 Å². The van der Waals surface area contributed by atoms with Crippen LogP contribution in [0.3, 0.4) is 0 Å². The molecule has 0 fully saturated rings. The molecule has 0 unspecified atom stereocenters. The summed E-state index contributed by atoms with van der Waals surface area (Å²) < 4.78 is 0. The van der Waals surface area contributed by atoms with Crippen molar-refractivity contribution in [3.63, 3.8) is 0 Å². The fourth-order valence-electron chi connectivity index (χ4n) is 1.74. The van der Waals surface area contributed by atoms with Crippen molar-refractivity contribution in [1.82, 2.24) is 15.8 Å². The maximum Gasteiger partial charge on any atom is 0.271 e. The first-order valence-corrected chi connectivity index (χ1v) is 6.45. The van der Waals surface area contributed by atoms with Gasteiger partial charge in [-0.25, -0.2) is 0 Å². The van der Waals surface area contributed by atoms with Crippen LogP contribution >= 0.6 is 0 Å². The predicted molar refractivity (Wildman–Crippen MR) is 79.9 cm³/mol. The molecule has 0 radical (unpaired) electrons. The molecule has 112 valence electrons. The Bertz CT molecular complexity index is 701. The molecule has 1 aromatic carbocycles. The number of hydrogen-bond donors (Lipinski definition) is 3. The molecule has 0 saturated heterocycles. The van der Waals surface area contributed by atoms with Gasteiger partial charge < -0.3 is 5.32 Å². The Balaban J connectivity index is 2.04. The van der Waals surface area contributed by atoms with E-state index in [4.69, 9.17) is 0 Å². The molecule has 3 N–H and O–H groups in total. The minimum absolute atomic E-state index is 0.243. The minimum Gasteiger partial charge on any atom is -0.326 e. The summed E-state index contributed by atoms with van der Waals surface area (Å²) in [5.74, 6) is -1.29. The molecule has 3 amide bonds. The van der Waals surface area contributed by atoms with Crippen LogP contribution in [0.15, 0.2) is 48.8 Å². The molecule has 0 spiro atoms. The van der Waals surface area contributed by atoms with Crippen LogP contribution in [0.25, 0.3) is 0 Å². The van der Waals surface area contributed by atoms with Crippen LogP contribution in [-0.2, 0) is 4.79 Å². The third kappa shape index (κ3) is 3.89. The summed E-state index contributed by atoms with van der Waals surface area (Å²) in [6.07, 6.45) is 2.95. The van der Waals surface area contributed by atoms with Crippen LogP contribution in [0, 0.1) is 0 Å². The van der Waals surface area contributed by atoms with Gasteiger partial charge in [-0.05, 0) is 24.3 Å². The van der Waals surface area contributed by atoms with Crippen molar-refractivity contribution in [2.24, 2.45) is 0 Å². The molecule has 0 aliphatic rings. The number of benzene rings is 1. The lowest BCUT2D eigenvalue weighted by Gasteiger charge is -2.11. The molecule has 0 aliphatic heterocycles. The fourth-order valence-corrected chi connectivity index (χ4v) is 1.74. The molecule has 22 heavy (non-hydrogen) atoms. The molecule has 2 aromatic rings. The zero-order chi connectivity index (χ0) is 15.9. The zero-order valence-electron chi connectivity index (χ0n) is 11.8. The SMILES string of the molecule is CC(=O)Nc1ccccc1C(=O)NNC(=O)c1ccncc1.